The van der Waals surface area contributed by atoms with Crippen LogP contribution in [0.25, 0.3) is 21.8 Å². The van der Waals surface area contributed by atoms with Crippen LogP contribution in [0.5, 0.6) is 0 Å². The molecule has 0 fully saturated rings. The average Bonchev–Trinajstić information content (AvgIpc) is 2.58. The number of rotatable bonds is 5. The van der Waals surface area contributed by atoms with Crippen molar-refractivity contribution in [2.75, 3.05) is 0 Å². The number of hydrogen-bond donors (Lipinski definition) is 0. The van der Waals surface area contributed by atoms with Gasteiger partial charge < -0.3 is 0 Å². The summed E-state index contributed by atoms with van der Waals surface area (Å²) in [4.78, 5) is 22.9. The van der Waals surface area contributed by atoms with Crippen molar-refractivity contribution < 1.29 is 9.59 Å². The number of nitrogens with zero attached hydrogens (tertiary/aromatic N) is 2. The van der Waals surface area contributed by atoms with E-state index in [1.165, 1.54) is 0 Å². The summed E-state index contributed by atoms with van der Waals surface area (Å²) in [7, 11) is 0. The molecule has 1 aromatic heterocycles. The van der Waals surface area contributed by atoms with Gasteiger partial charge in [-0.3, -0.25) is 9.59 Å². The Morgan fingerprint density at radius 3 is 2.17 bits per heavy atom. The second kappa shape index (κ2) is 6.70. The van der Waals surface area contributed by atoms with E-state index in [9.17, 15) is 9.59 Å². The minimum atomic E-state index is 0.542. The number of fused-ring (bicyclic) bond motifs is 3. The second-order valence-corrected chi connectivity index (χ2v) is 6.59. The van der Waals surface area contributed by atoms with Gasteiger partial charge in [-0.1, -0.05) is 31.5 Å². The summed E-state index contributed by atoms with van der Waals surface area (Å²) in [6, 6.07) is 7.79. The Morgan fingerprint density at radius 1 is 0.957 bits per heavy atom. The lowest BCUT2D eigenvalue weighted by molar-refractivity contribution is 0.111. The average molecular weight is 418 g/mol. The Kier molecular flexibility index (Phi) is 4.66. The van der Waals surface area contributed by atoms with Crippen LogP contribution in [0.1, 0.15) is 46.0 Å². The van der Waals surface area contributed by atoms with E-state index in [-0.39, 0.29) is 0 Å². The highest BCUT2D eigenvalue weighted by molar-refractivity contribution is 14.1. The van der Waals surface area contributed by atoms with Gasteiger partial charge in [0.25, 0.3) is 0 Å². The highest BCUT2D eigenvalue weighted by Crippen LogP contribution is 2.29. The van der Waals surface area contributed by atoms with Gasteiger partial charge in [-0.2, -0.15) is 0 Å². The number of hydrogen-bond acceptors (Lipinski definition) is 4. The summed E-state index contributed by atoms with van der Waals surface area (Å²) >= 11 is 2.11. The Labute approximate surface area is 147 Å². The van der Waals surface area contributed by atoms with E-state index < -0.39 is 0 Å². The van der Waals surface area contributed by atoms with Crippen LogP contribution in [0.4, 0.5) is 0 Å². The molecule has 0 atom stereocenters. The first-order chi connectivity index (χ1) is 11.2. The molecule has 0 saturated heterocycles. The summed E-state index contributed by atoms with van der Waals surface area (Å²) in [5.41, 5.74) is 3.35. The molecule has 2 aromatic carbocycles. The molecule has 0 aliphatic rings. The molecular formula is C18H15IN2O2. The zero-order valence-corrected chi connectivity index (χ0v) is 14.8. The second-order valence-electron chi connectivity index (χ2n) is 5.43. The highest BCUT2D eigenvalue weighted by atomic mass is 127. The van der Waals surface area contributed by atoms with Gasteiger partial charge in [-0.05, 0) is 47.1 Å². The first kappa shape index (κ1) is 16.0. The Morgan fingerprint density at radius 2 is 1.57 bits per heavy atom. The number of halogens is 1. The van der Waals surface area contributed by atoms with Crippen LogP contribution in [0.2, 0.25) is 0 Å². The van der Waals surface area contributed by atoms with Crippen LogP contribution in [0.15, 0.2) is 24.3 Å². The first-order valence-electron chi connectivity index (χ1n) is 7.52. The SMILES string of the molecule is CCCCc1ccc2c(nnc3c(C=O)c(I)ccc32)c1C=O. The fourth-order valence-corrected chi connectivity index (χ4v) is 3.37. The fourth-order valence-electron chi connectivity index (χ4n) is 2.81. The Hall–Kier alpha value is -1.89. The number of unbranched alkanes of at least 4 members (excludes halogenated alkanes) is 1. The topological polar surface area (TPSA) is 59.9 Å². The summed E-state index contributed by atoms with van der Waals surface area (Å²) < 4.78 is 0.842. The molecule has 3 rings (SSSR count). The normalized spacial score (nSPS) is 11.0. The Bertz CT molecular complexity index is 922. The lowest BCUT2D eigenvalue weighted by atomic mass is 9.97. The van der Waals surface area contributed by atoms with Gasteiger partial charge in [0.05, 0.1) is 5.56 Å². The van der Waals surface area contributed by atoms with Gasteiger partial charge in [0.2, 0.25) is 0 Å². The maximum absolute atomic E-state index is 11.6. The van der Waals surface area contributed by atoms with Gasteiger partial charge in [0.15, 0.2) is 12.6 Å². The van der Waals surface area contributed by atoms with Crippen molar-refractivity contribution in [1.82, 2.24) is 10.2 Å². The van der Waals surface area contributed by atoms with Crippen LogP contribution in [-0.4, -0.2) is 22.8 Å². The van der Waals surface area contributed by atoms with Crippen molar-refractivity contribution in [1.29, 1.82) is 0 Å². The van der Waals surface area contributed by atoms with Crippen LogP contribution in [-0.2, 0) is 6.42 Å². The molecule has 0 unspecified atom stereocenters. The molecule has 0 aliphatic carbocycles. The molecule has 0 spiro atoms. The molecule has 0 N–H and O–H groups in total. The van der Waals surface area contributed by atoms with Crippen LogP contribution in [0, 0.1) is 3.57 Å². The van der Waals surface area contributed by atoms with E-state index in [4.69, 9.17) is 0 Å². The molecule has 4 nitrogen and oxygen atoms in total. The highest BCUT2D eigenvalue weighted by Gasteiger charge is 2.14. The third-order valence-electron chi connectivity index (χ3n) is 4.05. The molecule has 23 heavy (non-hydrogen) atoms. The number of carbonyl (C=O) groups excluding carboxylic acids is 2. The third-order valence-corrected chi connectivity index (χ3v) is 4.99. The molecule has 0 saturated carbocycles. The molecular weight excluding hydrogens is 403 g/mol. The predicted molar refractivity (Wildman–Crippen MR) is 99.1 cm³/mol. The van der Waals surface area contributed by atoms with Gasteiger partial charge in [-0.15, -0.1) is 10.2 Å². The van der Waals surface area contributed by atoms with E-state index in [0.29, 0.717) is 22.2 Å². The van der Waals surface area contributed by atoms with Gasteiger partial charge in [0.1, 0.15) is 11.0 Å². The van der Waals surface area contributed by atoms with Gasteiger partial charge >= 0.3 is 0 Å². The number of aromatic nitrogens is 2. The molecule has 5 heteroatoms. The summed E-state index contributed by atoms with van der Waals surface area (Å²) in [5, 5.41) is 10.2. The monoisotopic (exact) mass is 418 g/mol. The number of benzene rings is 2. The van der Waals surface area contributed by atoms with Crippen LogP contribution >= 0.6 is 22.6 Å². The molecule has 0 aliphatic heterocycles. The largest absolute Gasteiger partial charge is 0.298 e. The summed E-state index contributed by atoms with van der Waals surface area (Å²) in [6.45, 7) is 2.12. The zero-order chi connectivity index (χ0) is 16.4. The van der Waals surface area contributed by atoms with Gasteiger partial charge in [0, 0.05) is 19.9 Å². The van der Waals surface area contributed by atoms with Gasteiger partial charge in [-0.25, -0.2) is 0 Å². The van der Waals surface area contributed by atoms with Crippen molar-refractivity contribution in [3.05, 3.63) is 44.5 Å². The smallest absolute Gasteiger partial charge is 0.153 e. The Balaban J connectivity index is 2.34. The van der Waals surface area contributed by atoms with Crippen LogP contribution < -0.4 is 0 Å². The van der Waals surface area contributed by atoms with E-state index in [1.807, 2.05) is 24.3 Å². The first-order valence-corrected chi connectivity index (χ1v) is 8.60. The van der Waals surface area contributed by atoms with Crippen molar-refractivity contribution in [2.45, 2.75) is 26.2 Å². The minimum absolute atomic E-state index is 0.542. The molecule has 1 heterocycles. The molecule has 0 amide bonds. The molecule has 0 radical (unpaired) electrons. The molecule has 3 aromatic rings. The molecule has 116 valence electrons. The van der Waals surface area contributed by atoms with Crippen LogP contribution in [0.3, 0.4) is 0 Å². The quantitative estimate of drug-likeness (QED) is 0.351. The van der Waals surface area contributed by atoms with E-state index >= 15 is 0 Å². The van der Waals surface area contributed by atoms with E-state index in [0.717, 1.165) is 51.7 Å². The van der Waals surface area contributed by atoms with Crippen molar-refractivity contribution in [3.63, 3.8) is 0 Å². The maximum atomic E-state index is 11.6. The summed E-state index contributed by atoms with van der Waals surface area (Å²) in [5.74, 6) is 0. The van der Waals surface area contributed by atoms with E-state index in [2.05, 4.69) is 39.7 Å². The fraction of sp³-hybridized carbons (Fsp3) is 0.222. The minimum Gasteiger partial charge on any atom is -0.298 e. The predicted octanol–water partition coefficient (Wildman–Crippen LogP) is 4.36. The number of aldehydes is 2. The standard InChI is InChI=1S/C18H15IN2O2/c1-2-3-4-11-5-6-12-13-7-8-16(19)15(10-23)18(13)21-20-17(12)14(11)9-22/h5-10H,2-4H2,1H3. The van der Waals surface area contributed by atoms with Crippen molar-refractivity contribution in [2.24, 2.45) is 0 Å². The van der Waals surface area contributed by atoms with E-state index in [1.54, 1.807) is 0 Å². The van der Waals surface area contributed by atoms with Crippen molar-refractivity contribution in [3.8, 4) is 0 Å². The molecule has 0 bridgehead atoms. The lowest BCUT2D eigenvalue weighted by Gasteiger charge is -2.10. The lowest BCUT2D eigenvalue weighted by Crippen LogP contribution is -2.00. The maximum Gasteiger partial charge on any atom is 0.153 e. The van der Waals surface area contributed by atoms with Crippen molar-refractivity contribution >= 4 is 57.0 Å². The summed E-state index contributed by atoms with van der Waals surface area (Å²) in [6.07, 6.45) is 4.62. The number of carbonyl (C=O) groups is 2. The zero-order valence-electron chi connectivity index (χ0n) is 12.7. The number of aryl methyl sites for hydroxylation is 1. The third kappa shape index (κ3) is 2.73.